The first kappa shape index (κ1) is 21.9. The third-order valence-electron chi connectivity index (χ3n) is 4.80. The van der Waals surface area contributed by atoms with Crippen LogP contribution >= 0.6 is 15.9 Å². The predicted octanol–water partition coefficient (Wildman–Crippen LogP) is 5.12. The molecule has 0 saturated heterocycles. The highest BCUT2D eigenvalue weighted by atomic mass is 79.9. The molecule has 4 aromatic rings. The van der Waals surface area contributed by atoms with Gasteiger partial charge in [0.2, 0.25) is 17.6 Å². The van der Waals surface area contributed by atoms with Gasteiger partial charge in [0.05, 0.1) is 6.61 Å². The predicted molar refractivity (Wildman–Crippen MR) is 125 cm³/mol. The molecule has 1 N–H and O–H groups in total. The molecular weight excluding hydrogens is 470 g/mol. The van der Waals surface area contributed by atoms with Gasteiger partial charge in [-0.05, 0) is 35.4 Å². The lowest BCUT2D eigenvalue weighted by molar-refractivity contribution is -0.127. The van der Waals surface area contributed by atoms with Gasteiger partial charge in [-0.15, -0.1) is 0 Å². The van der Waals surface area contributed by atoms with Gasteiger partial charge < -0.3 is 14.6 Å². The molecular formula is C25H22BrN3O3. The zero-order valence-electron chi connectivity index (χ0n) is 17.3. The summed E-state index contributed by atoms with van der Waals surface area (Å²) < 4.78 is 12.1. The van der Waals surface area contributed by atoms with Gasteiger partial charge >= 0.3 is 0 Å². The van der Waals surface area contributed by atoms with Crippen molar-refractivity contribution in [2.24, 2.45) is 0 Å². The molecule has 32 heavy (non-hydrogen) atoms. The molecule has 0 fully saturated rings. The first-order chi connectivity index (χ1) is 15.7. The van der Waals surface area contributed by atoms with Crippen molar-refractivity contribution in [2.45, 2.75) is 19.1 Å². The zero-order valence-corrected chi connectivity index (χ0v) is 18.9. The molecule has 4 rings (SSSR count). The van der Waals surface area contributed by atoms with Crippen molar-refractivity contribution in [1.82, 2.24) is 15.5 Å². The molecule has 1 heterocycles. The standard InChI is InChI=1S/C25H22BrN3O3/c26-21-13-11-20(12-14-21)24-28-25(32-29-24)22(15-18-7-3-1-4-8-18)27-23(30)17-31-16-19-9-5-2-6-10-19/h1-14,22H,15-17H2,(H,27,30). The van der Waals surface area contributed by atoms with E-state index in [0.717, 1.165) is 21.2 Å². The second-order valence-electron chi connectivity index (χ2n) is 7.25. The number of hydrogen-bond donors (Lipinski definition) is 1. The molecule has 1 atom stereocenters. The first-order valence-corrected chi connectivity index (χ1v) is 11.0. The monoisotopic (exact) mass is 491 g/mol. The minimum Gasteiger partial charge on any atom is -0.367 e. The topological polar surface area (TPSA) is 77.2 Å². The fourth-order valence-electron chi connectivity index (χ4n) is 3.21. The van der Waals surface area contributed by atoms with Gasteiger partial charge in [0.1, 0.15) is 12.6 Å². The van der Waals surface area contributed by atoms with Crippen LogP contribution in [0.5, 0.6) is 0 Å². The minimum atomic E-state index is -0.470. The summed E-state index contributed by atoms with van der Waals surface area (Å²) in [4.78, 5) is 17.1. The van der Waals surface area contributed by atoms with Crippen molar-refractivity contribution >= 4 is 21.8 Å². The maximum atomic E-state index is 12.6. The SMILES string of the molecule is O=C(COCc1ccccc1)NC(Cc1ccccc1)c1nc(-c2ccc(Br)cc2)no1. The number of benzene rings is 3. The van der Waals surface area contributed by atoms with Crippen molar-refractivity contribution in [3.8, 4) is 11.4 Å². The summed E-state index contributed by atoms with van der Waals surface area (Å²) in [7, 11) is 0. The Hall–Kier alpha value is -3.29. The van der Waals surface area contributed by atoms with Crippen LogP contribution in [0.1, 0.15) is 23.1 Å². The van der Waals surface area contributed by atoms with E-state index in [1.807, 2.05) is 84.9 Å². The van der Waals surface area contributed by atoms with Crippen LogP contribution in [0.15, 0.2) is 93.9 Å². The number of carbonyl (C=O) groups is 1. The molecule has 1 unspecified atom stereocenters. The number of halogens is 1. The Kier molecular flexibility index (Phi) is 7.42. The summed E-state index contributed by atoms with van der Waals surface area (Å²) >= 11 is 3.42. The van der Waals surface area contributed by atoms with E-state index in [-0.39, 0.29) is 12.5 Å². The average Bonchev–Trinajstić information content (AvgIpc) is 3.31. The van der Waals surface area contributed by atoms with E-state index in [4.69, 9.17) is 9.26 Å². The number of aromatic nitrogens is 2. The average molecular weight is 492 g/mol. The molecule has 3 aromatic carbocycles. The van der Waals surface area contributed by atoms with Gasteiger partial charge in [0, 0.05) is 16.5 Å². The fraction of sp³-hybridized carbons (Fsp3) is 0.160. The molecule has 0 spiro atoms. The van der Waals surface area contributed by atoms with Crippen LogP contribution < -0.4 is 5.32 Å². The molecule has 1 aromatic heterocycles. The molecule has 162 valence electrons. The molecule has 0 bridgehead atoms. The molecule has 0 aliphatic carbocycles. The lowest BCUT2D eigenvalue weighted by Crippen LogP contribution is -2.33. The largest absolute Gasteiger partial charge is 0.367 e. The van der Waals surface area contributed by atoms with Gasteiger partial charge in [-0.2, -0.15) is 4.98 Å². The number of nitrogens with one attached hydrogen (secondary N) is 1. The molecule has 6 nitrogen and oxygen atoms in total. The van der Waals surface area contributed by atoms with E-state index < -0.39 is 6.04 Å². The van der Waals surface area contributed by atoms with Crippen molar-refractivity contribution in [3.63, 3.8) is 0 Å². The highest BCUT2D eigenvalue weighted by molar-refractivity contribution is 9.10. The quantitative estimate of drug-likeness (QED) is 0.351. The summed E-state index contributed by atoms with van der Waals surface area (Å²) in [5, 5.41) is 7.08. The third-order valence-corrected chi connectivity index (χ3v) is 5.33. The first-order valence-electron chi connectivity index (χ1n) is 10.2. The number of hydrogen-bond acceptors (Lipinski definition) is 5. The highest BCUT2D eigenvalue weighted by Crippen LogP contribution is 2.23. The van der Waals surface area contributed by atoms with Gasteiger partial charge in [0.15, 0.2) is 0 Å². The number of rotatable bonds is 9. The summed E-state index contributed by atoms with van der Waals surface area (Å²) in [5.74, 6) is 0.577. The van der Waals surface area contributed by atoms with E-state index in [1.165, 1.54) is 0 Å². The molecule has 0 aliphatic heterocycles. The van der Waals surface area contributed by atoms with Gasteiger partial charge in [-0.25, -0.2) is 0 Å². The molecule has 0 aliphatic rings. The summed E-state index contributed by atoms with van der Waals surface area (Å²) in [6.45, 7) is 0.305. The Morgan fingerprint density at radius 3 is 2.28 bits per heavy atom. The smallest absolute Gasteiger partial charge is 0.249 e. The van der Waals surface area contributed by atoms with E-state index in [1.54, 1.807) is 0 Å². The highest BCUT2D eigenvalue weighted by Gasteiger charge is 2.22. The Labute approximate surface area is 194 Å². The number of ether oxygens (including phenoxy) is 1. The minimum absolute atomic E-state index is 0.0616. The van der Waals surface area contributed by atoms with E-state index >= 15 is 0 Å². The number of amides is 1. The van der Waals surface area contributed by atoms with E-state index in [0.29, 0.717) is 24.7 Å². The molecule has 1 amide bonds. The summed E-state index contributed by atoms with van der Waals surface area (Å²) in [6, 6.07) is 26.8. The Morgan fingerprint density at radius 2 is 1.59 bits per heavy atom. The maximum absolute atomic E-state index is 12.6. The second kappa shape index (κ2) is 10.8. The van der Waals surface area contributed by atoms with E-state index in [9.17, 15) is 4.79 Å². The zero-order chi connectivity index (χ0) is 22.2. The lowest BCUT2D eigenvalue weighted by Gasteiger charge is -2.15. The van der Waals surface area contributed by atoms with E-state index in [2.05, 4.69) is 31.4 Å². The van der Waals surface area contributed by atoms with Gasteiger partial charge in [-0.1, -0.05) is 81.8 Å². The van der Waals surface area contributed by atoms with Crippen LogP contribution in [0, 0.1) is 0 Å². The summed E-state index contributed by atoms with van der Waals surface area (Å²) in [5.41, 5.74) is 2.89. The van der Waals surface area contributed by atoms with Crippen molar-refractivity contribution in [2.75, 3.05) is 6.61 Å². The van der Waals surface area contributed by atoms with Crippen LogP contribution in [0.2, 0.25) is 0 Å². The fourth-order valence-corrected chi connectivity index (χ4v) is 3.48. The third kappa shape index (κ3) is 6.12. The number of nitrogens with zero attached hydrogens (tertiary/aromatic N) is 2. The molecule has 0 saturated carbocycles. The maximum Gasteiger partial charge on any atom is 0.249 e. The van der Waals surface area contributed by atoms with Crippen LogP contribution in [-0.2, 0) is 22.6 Å². The lowest BCUT2D eigenvalue weighted by atomic mass is 10.1. The molecule has 0 radical (unpaired) electrons. The van der Waals surface area contributed by atoms with Crippen LogP contribution in [-0.4, -0.2) is 22.7 Å². The Morgan fingerprint density at radius 1 is 0.938 bits per heavy atom. The van der Waals surface area contributed by atoms with Crippen molar-refractivity contribution < 1.29 is 14.1 Å². The van der Waals surface area contributed by atoms with Crippen molar-refractivity contribution in [3.05, 3.63) is 106 Å². The normalized spacial score (nSPS) is 11.8. The number of carbonyl (C=O) groups excluding carboxylic acids is 1. The van der Waals surface area contributed by atoms with Crippen LogP contribution in [0.25, 0.3) is 11.4 Å². The van der Waals surface area contributed by atoms with Crippen LogP contribution in [0.4, 0.5) is 0 Å². The van der Waals surface area contributed by atoms with Crippen molar-refractivity contribution in [1.29, 1.82) is 0 Å². The summed E-state index contributed by atoms with van der Waals surface area (Å²) in [6.07, 6.45) is 0.521. The van der Waals surface area contributed by atoms with Gasteiger partial charge in [0.25, 0.3) is 0 Å². The Bertz CT molecular complexity index is 1130. The second-order valence-corrected chi connectivity index (χ2v) is 8.17. The Balaban J connectivity index is 1.45. The van der Waals surface area contributed by atoms with Gasteiger partial charge in [-0.3, -0.25) is 4.79 Å². The van der Waals surface area contributed by atoms with Crippen LogP contribution in [0.3, 0.4) is 0 Å². The molecule has 7 heteroatoms.